The molecular weight excluding hydrogens is 328 g/mol. The van der Waals surface area contributed by atoms with Gasteiger partial charge in [0, 0.05) is 0 Å². The van der Waals surface area contributed by atoms with Gasteiger partial charge in [-0.3, -0.25) is 0 Å². The Morgan fingerprint density at radius 3 is 1.37 bits per heavy atom. The summed E-state index contributed by atoms with van der Waals surface area (Å²) in [6, 6.07) is 17.4. The van der Waals surface area contributed by atoms with Crippen molar-refractivity contribution < 1.29 is 4.74 Å². The van der Waals surface area contributed by atoms with Crippen molar-refractivity contribution in [1.29, 1.82) is 0 Å². The minimum absolute atomic E-state index is 0.0845. The lowest BCUT2D eigenvalue weighted by Gasteiger charge is -2.40. The molecule has 148 valence electrons. The third kappa shape index (κ3) is 6.21. The predicted octanol–water partition coefficient (Wildman–Crippen LogP) is 7.22. The van der Waals surface area contributed by atoms with Gasteiger partial charge in [-0.1, -0.05) is 62.4 Å². The van der Waals surface area contributed by atoms with E-state index in [0.717, 1.165) is 38.5 Å². The smallest absolute Gasteiger partial charge is 0.0662 e. The van der Waals surface area contributed by atoms with Crippen molar-refractivity contribution in [2.24, 2.45) is 0 Å². The van der Waals surface area contributed by atoms with Crippen LogP contribution in [0.4, 0.5) is 0 Å². The van der Waals surface area contributed by atoms with Crippen LogP contribution in [-0.4, -0.2) is 11.2 Å². The van der Waals surface area contributed by atoms with E-state index in [1.807, 2.05) is 0 Å². The fourth-order valence-corrected chi connectivity index (χ4v) is 3.77. The molecule has 1 nitrogen and oxygen atoms in total. The highest BCUT2D eigenvalue weighted by Gasteiger charge is 2.33. The van der Waals surface area contributed by atoms with Gasteiger partial charge in [0.1, 0.15) is 0 Å². The van der Waals surface area contributed by atoms with Gasteiger partial charge in [-0.25, -0.2) is 0 Å². The molecule has 2 aromatic carbocycles. The lowest BCUT2D eigenvalue weighted by molar-refractivity contribution is -0.150. The van der Waals surface area contributed by atoms with Crippen LogP contribution in [0.1, 0.15) is 75.6 Å². The first-order valence-electron chi connectivity index (χ1n) is 10.6. The van der Waals surface area contributed by atoms with E-state index in [9.17, 15) is 0 Å². The fraction of sp³-hybridized carbons (Fsp3) is 0.538. The van der Waals surface area contributed by atoms with Crippen LogP contribution in [0.15, 0.2) is 48.5 Å². The Hall–Kier alpha value is -1.60. The summed E-state index contributed by atoms with van der Waals surface area (Å²) >= 11 is 0. The zero-order valence-electron chi connectivity index (χ0n) is 18.3. The molecule has 1 heteroatoms. The molecule has 0 N–H and O–H groups in total. The molecule has 2 atom stereocenters. The number of rotatable bonds is 10. The maximum atomic E-state index is 6.85. The van der Waals surface area contributed by atoms with E-state index in [2.05, 4.69) is 90.1 Å². The van der Waals surface area contributed by atoms with Crippen molar-refractivity contribution in [1.82, 2.24) is 0 Å². The van der Waals surface area contributed by atoms with Crippen LogP contribution < -0.4 is 0 Å². The van der Waals surface area contributed by atoms with Gasteiger partial charge in [0.15, 0.2) is 0 Å². The van der Waals surface area contributed by atoms with Crippen LogP contribution in [0, 0.1) is 13.8 Å². The first-order chi connectivity index (χ1) is 12.8. The van der Waals surface area contributed by atoms with Gasteiger partial charge in [-0.2, -0.15) is 0 Å². The highest BCUT2D eigenvalue weighted by atomic mass is 16.5. The molecule has 0 saturated heterocycles. The Morgan fingerprint density at radius 1 is 0.667 bits per heavy atom. The highest BCUT2D eigenvalue weighted by Crippen LogP contribution is 2.33. The van der Waals surface area contributed by atoms with Gasteiger partial charge >= 0.3 is 0 Å². The summed E-state index contributed by atoms with van der Waals surface area (Å²) in [7, 11) is 0. The van der Waals surface area contributed by atoms with Gasteiger partial charge in [0.25, 0.3) is 0 Å². The van der Waals surface area contributed by atoms with E-state index in [0.29, 0.717) is 0 Å². The van der Waals surface area contributed by atoms with E-state index in [1.54, 1.807) is 0 Å². The zero-order valence-corrected chi connectivity index (χ0v) is 18.3. The van der Waals surface area contributed by atoms with Crippen molar-refractivity contribution in [3.8, 4) is 0 Å². The highest BCUT2D eigenvalue weighted by molar-refractivity contribution is 5.26. The Labute approximate surface area is 167 Å². The average molecular weight is 367 g/mol. The first-order valence-corrected chi connectivity index (χ1v) is 10.6. The second kappa shape index (κ2) is 9.55. The van der Waals surface area contributed by atoms with Crippen LogP contribution in [0.2, 0.25) is 0 Å². The third-order valence-corrected chi connectivity index (χ3v) is 6.36. The van der Waals surface area contributed by atoms with Crippen LogP contribution in [0.3, 0.4) is 0 Å². The van der Waals surface area contributed by atoms with Crippen molar-refractivity contribution in [2.75, 3.05) is 0 Å². The molecule has 0 spiro atoms. The van der Waals surface area contributed by atoms with Gasteiger partial charge in [-0.15, -0.1) is 0 Å². The number of benzene rings is 2. The minimum Gasteiger partial charge on any atom is -0.369 e. The quantitative estimate of drug-likeness (QED) is 0.431. The molecule has 0 fully saturated rings. The Kier molecular flexibility index (Phi) is 7.68. The SMILES string of the molecule is CCC(C)(CCc1ccccc1C)OC(C)(CC)CCc1ccccc1C. The topological polar surface area (TPSA) is 9.23 Å². The standard InChI is InChI=1S/C26H38O/c1-7-25(5,19-17-23-15-11-9-13-21(23)3)27-26(6,8-2)20-18-24-16-12-10-14-22(24)4/h9-16H,7-8,17-20H2,1-6H3. The van der Waals surface area contributed by atoms with E-state index in [-0.39, 0.29) is 11.2 Å². The molecule has 0 saturated carbocycles. The fourth-order valence-electron chi connectivity index (χ4n) is 3.77. The molecule has 0 bridgehead atoms. The van der Waals surface area contributed by atoms with Crippen molar-refractivity contribution >= 4 is 0 Å². The van der Waals surface area contributed by atoms with Crippen molar-refractivity contribution in [3.05, 3.63) is 70.8 Å². The molecule has 2 rings (SSSR count). The molecule has 0 aliphatic heterocycles. The molecule has 27 heavy (non-hydrogen) atoms. The van der Waals surface area contributed by atoms with Gasteiger partial charge in [0.05, 0.1) is 11.2 Å². The molecule has 0 radical (unpaired) electrons. The Bertz CT molecular complexity index is 658. The molecule has 0 heterocycles. The van der Waals surface area contributed by atoms with E-state index in [1.165, 1.54) is 22.3 Å². The lowest BCUT2D eigenvalue weighted by Crippen LogP contribution is -2.41. The Balaban J connectivity index is 2.03. The lowest BCUT2D eigenvalue weighted by atomic mass is 9.88. The second-order valence-electron chi connectivity index (χ2n) is 8.56. The predicted molar refractivity (Wildman–Crippen MR) is 117 cm³/mol. The summed E-state index contributed by atoms with van der Waals surface area (Å²) in [5.74, 6) is 0. The monoisotopic (exact) mass is 366 g/mol. The van der Waals surface area contributed by atoms with Crippen LogP contribution in [0.25, 0.3) is 0 Å². The average Bonchev–Trinajstić information content (AvgIpc) is 2.67. The van der Waals surface area contributed by atoms with Crippen LogP contribution in [0.5, 0.6) is 0 Å². The van der Waals surface area contributed by atoms with Gasteiger partial charge in [-0.05, 0) is 88.5 Å². The molecule has 2 aromatic rings. The zero-order chi connectivity index (χ0) is 19.9. The summed E-state index contributed by atoms with van der Waals surface area (Å²) in [5, 5.41) is 0. The largest absolute Gasteiger partial charge is 0.369 e. The normalized spacial score (nSPS) is 15.9. The van der Waals surface area contributed by atoms with Gasteiger partial charge < -0.3 is 4.74 Å². The molecule has 0 amide bonds. The van der Waals surface area contributed by atoms with Crippen molar-refractivity contribution in [3.63, 3.8) is 0 Å². The minimum atomic E-state index is -0.0845. The number of ether oxygens (including phenoxy) is 1. The summed E-state index contributed by atoms with van der Waals surface area (Å²) in [6.07, 6.45) is 6.36. The summed E-state index contributed by atoms with van der Waals surface area (Å²) in [4.78, 5) is 0. The van der Waals surface area contributed by atoms with Crippen LogP contribution in [-0.2, 0) is 17.6 Å². The summed E-state index contributed by atoms with van der Waals surface area (Å²) < 4.78 is 6.85. The maximum absolute atomic E-state index is 6.85. The molecule has 0 aromatic heterocycles. The van der Waals surface area contributed by atoms with Crippen LogP contribution >= 0.6 is 0 Å². The van der Waals surface area contributed by atoms with Crippen molar-refractivity contribution in [2.45, 2.75) is 91.3 Å². The molecule has 0 aliphatic carbocycles. The number of aryl methyl sites for hydroxylation is 4. The van der Waals surface area contributed by atoms with E-state index >= 15 is 0 Å². The molecular formula is C26H38O. The third-order valence-electron chi connectivity index (χ3n) is 6.36. The molecule has 0 aliphatic rings. The Morgan fingerprint density at radius 2 is 1.04 bits per heavy atom. The summed E-state index contributed by atoms with van der Waals surface area (Å²) in [5.41, 5.74) is 5.48. The first kappa shape index (κ1) is 21.7. The maximum Gasteiger partial charge on any atom is 0.0662 e. The number of hydrogen-bond acceptors (Lipinski definition) is 1. The van der Waals surface area contributed by atoms with Gasteiger partial charge in [0.2, 0.25) is 0 Å². The second-order valence-corrected chi connectivity index (χ2v) is 8.56. The number of hydrogen-bond donors (Lipinski definition) is 0. The van der Waals surface area contributed by atoms with E-state index < -0.39 is 0 Å². The molecule has 2 unspecified atom stereocenters. The van der Waals surface area contributed by atoms with E-state index in [4.69, 9.17) is 4.74 Å². The summed E-state index contributed by atoms with van der Waals surface area (Å²) in [6.45, 7) is 13.5.